The lowest BCUT2D eigenvalue weighted by Crippen LogP contribution is -3.20. The van der Waals surface area contributed by atoms with Crippen LogP contribution in [0.2, 0.25) is 0 Å². The number of nitrogens with one attached hydrogen (secondary N) is 1. The van der Waals surface area contributed by atoms with Crippen LogP contribution in [0, 0.1) is 5.82 Å². The molecule has 2 rings (SSSR count). The zero-order chi connectivity index (χ0) is 12.6. The normalized spacial score (nSPS) is 16.7. The predicted molar refractivity (Wildman–Crippen MR) is 68.4 cm³/mol. The third-order valence-corrected chi connectivity index (χ3v) is 3.42. The summed E-state index contributed by atoms with van der Waals surface area (Å²) in [6.45, 7) is 6.87. The number of nitrogens with two attached hydrogens (primary N) is 1. The lowest BCUT2D eigenvalue weighted by Gasteiger charge is -2.21. The van der Waals surface area contributed by atoms with E-state index in [9.17, 15) is 4.39 Å². The quantitative estimate of drug-likeness (QED) is 0.656. The van der Waals surface area contributed by atoms with Crippen LogP contribution in [0.25, 0.3) is 0 Å². The van der Waals surface area contributed by atoms with Crippen molar-refractivity contribution in [3.05, 3.63) is 30.1 Å². The van der Waals surface area contributed by atoms with Crippen LogP contribution in [0.1, 0.15) is 12.8 Å². The maximum Gasteiger partial charge on any atom is 0.165 e. The van der Waals surface area contributed by atoms with Gasteiger partial charge in [-0.25, -0.2) is 4.39 Å². The molecule has 1 heterocycles. The highest BCUT2D eigenvalue weighted by molar-refractivity contribution is 5.23. The molecular formula is C14H23FN2O+2. The third-order valence-electron chi connectivity index (χ3n) is 3.42. The second kappa shape index (κ2) is 7.34. The van der Waals surface area contributed by atoms with E-state index in [0.717, 1.165) is 12.8 Å². The van der Waals surface area contributed by atoms with E-state index in [4.69, 9.17) is 4.74 Å². The standard InChI is InChI=1S/C14H21FN2O/c15-13-5-1-2-6-14(13)18-12-4-3-9-17-10-7-16-8-11-17/h1-2,5-6,16H,3-4,7-12H2/p+2. The Morgan fingerprint density at radius 2 is 1.94 bits per heavy atom. The summed E-state index contributed by atoms with van der Waals surface area (Å²) in [5.74, 6) is 0.104. The molecule has 1 aromatic carbocycles. The molecule has 3 nitrogen and oxygen atoms in total. The van der Waals surface area contributed by atoms with E-state index >= 15 is 0 Å². The van der Waals surface area contributed by atoms with Crippen LogP contribution in [-0.4, -0.2) is 39.3 Å². The lowest BCUT2D eigenvalue weighted by molar-refractivity contribution is -0.946. The lowest BCUT2D eigenvalue weighted by atomic mass is 10.2. The Kier molecular flexibility index (Phi) is 5.42. The third kappa shape index (κ3) is 4.27. The van der Waals surface area contributed by atoms with E-state index in [0.29, 0.717) is 12.4 Å². The first-order valence-corrected chi connectivity index (χ1v) is 6.89. The van der Waals surface area contributed by atoms with Gasteiger partial charge in [-0.05, 0) is 25.0 Å². The first-order valence-electron chi connectivity index (χ1n) is 6.89. The Morgan fingerprint density at radius 1 is 1.17 bits per heavy atom. The van der Waals surface area contributed by atoms with Gasteiger partial charge < -0.3 is 15.0 Å². The highest BCUT2D eigenvalue weighted by Gasteiger charge is 2.14. The second-order valence-corrected chi connectivity index (χ2v) is 4.85. The Labute approximate surface area is 108 Å². The molecule has 4 heteroatoms. The number of unbranched alkanes of at least 4 members (excludes halogenated alkanes) is 1. The van der Waals surface area contributed by atoms with Gasteiger partial charge in [0.2, 0.25) is 0 Å². The number of para-hydroxylation sites is 1. The molecule has 1 aliphatic heterocycles. The molecule has 18 heavy (non-hydrogen) atoms. The van der Waals surface area contributed by atoms with Gasteiger partial charge in [-0.1, -0.05) is 12.1 Å². The van der Waals surface area contributed by atoms with Gasteiger partial charge in [0.05, 0.1) is 13.2 Å². The van der Waals surface area contributed by atoms with Crippen molar-refractivity contribution in [3.63, 3.8) is 0 Å². The monoisotopic (exact) mass is 254 g/mol. The molecule has 0 aromatic heterocycles. The SMILES string of the molecule is Fc1ccccc1OCCCC[NH+]1CC[NH2+]CC1. The summed E-state index contributed by atoms with van der Waals surface area (Å²) >= 11 is 0. The van der Waals surface area contributed by atoms with Gasteiger partial charge in [-0.3, -0.25) is 0 Å². The Morgan fingerprint density at radius 3 is 2.72 bits per heavy atom. The summed E-state index contributed by atoms with van der Waals surface area (Å²) in [7, 11) is 0. The minimum atomic E-state index is -0.269. The fraction of sp³-hybridized carbons (Fsp3) is 0.571. The molecule has 0 saturated carbocycles. The molecule has 0 amide bonds. The van der Waals surface area contributed by atoms with Crippen molar-refractivity contribution >= 4 is 0 Å². The molecule has 0 aliphatic carbocycles. The van der Waals surface area contributed by atoms with E-state index in [-0.39, 0.29) is 5.82 Å². The van der Waals surface area contributed by atoms with Crippen molar-refractivity contribution in [1.29, 1.82) is 0 Å². The molecule has 3 N–H and O–H groups in total. The van der Waals surface area contributed by atoms with Crippen LogP contribution in [-0.2, 0) is 0 Å². The molecule has 0 atom stereocenters. The van der Waals surface area contributed by atoms with Crippen LogP contribution < -0.4 is 15.0 Å². The van der Waals surface area contributed by atoms with E-state index in [1.165, 1.54) is 38.8 Å². The molecule has 0 radical (unpaired) electrons. The number of benzene rings is 1. The van der Waals surface area contributed by atoms with Crippen molar-refractivity contribution in [2.24, 2.45) is 0 Å². The molecule has 1 aliphatic rings. The largest absolute Gasteiger partial charge is 0.491 e. The van der Waals surface area contributed by atoms with Crippen LogP contribution in [0.3, 0.4) is 0 Å². The summed E-state index contributed by atoms with van der Waals surface area (Å²) in [6, 6.07) is 6.59. The fourth-order valence-corrected chi connectivity index (χ4v) is 2.35. The number of hydrogen-bond donors (Lipinski definition) is 2. The highest BCUT2D eigenvalue weighted by Crippen LogP contribution is 2.15. The molecule has 0 unspecified atom stereocenters. The minimum absolute atomic E-state index is 0.269. The van der Waals surface area contributed by atoms with Gasteiger partial charge in [0.15, 0.2) is 11.6 Å². The van der Waals surface area contributed by atoms with Crippen LogP contribution in [0.5, 0.6) is 5.75 Å². The average molecular weight is 254 g/mol. The summed E-state index contributed by atoms with van der Waals surface area (Å²) in [4.78, 5) is 1.70. The summed E-state index contributed by atoms with van der Waals surface area (Å²) in [5.41, 5.74) is 0. The van der Waals surface area contributed by atoms with E-state index in [1.54, 1.807) is 23.1 Å². The van der Waals surface area contributed by atoms with Crippen molar-refractivity contribution in [2.75, 3.05) is 39.3 Å². The van der Waals surface area contributed by atoms with Gasteiger partial charge in [0, 0.05) is 0 Å². The Bertz CT molecular complexity index is 353. The molecular weight excluding hydrogens is 231 g/mol. The van der Waals surface area contributed by atoms with Crippen LogP contribution >= 0.6 is 0 Å². The van der Waals surface area contributed by atoms with Crippen molar-refractivity contribution in [1.82, 2.24) is 0 Å². The van der Waals surface area contributed by atoms with Crippen molar-refractivity contribution in [3.8, 4) is 5.75 Å². The van der Waals surface area contributed by atoms with Gasteiger partial charge in [0.1, 0.15) is 26.2 Å². The zero-order valence-corrected chi connectivity index (χ0v) is 10.8. The molecule has 1 fully saturated rings. The van der Waals surface area contributed by atoms with Crippen molar-refractivity contribution in [2.45, 2.75) is 12.8 Å². The number of rotatable bonds is 6. The van der Waals surface area contributed by atoms with Crippen molar-refractivity contribution < 1.29 is 19.3 Å². The molecule has 0 bridgehead atoms. The summed E-state index contributed by atoms with van der Waals surface area (Å²) in [6.07, 6.45) is 2.16. The van der Waals surface area contributed by atoms with E-state index in [2.05, 4.69) is 5.32 Å². The fourth-order valence-electron chi connectivity index (χ4n) is 2.35. The number of ether oxygens (including phenoxy) is 1. The smallest absolute Gasteiger partial charge is 0.165 e. The minimum Gasteiger partial charge on any atom is -0.491 e. The highest BCUT2D eigenvalue weighted by atomic mass is 19.1. The van der Waals surface area contributed by atoms with Gasteiger partial charge in [-0.15, -0.1) is 0 Å². The van der Waals surface area contributed by atoms with Crippen LogP contribution in [0.4, 0.5) is 4.39 Å². The molecule has 100 valence electrons. The number of hydrogen-bond acceptors (Lipinski definition) is 1. The van der Waals surface area contributed by atoms with Gasteiger partial charge >= 0.3 is 0 Å². The average Bonchev–Trinajstić information content (AvgIpc) is 2.42. The molecule has 1 aromatic rings. The second-order valence-electron chi connectivity index (χ2n) is 4.85. The van der Waals surface area contributed by atoms with Gasteiger partial charge in [0.25, 0.3) is 0 Å². The topological polar surface area (TPSA) is 30.3 Å². The molecule has 0 spiro atoms. The maximum atomic E-state index is 13.3. The van der Waals surface area contributed by atoms with Crippen LogP contribution in [0.15, 0.2) is 24.3 Å². The summed E-state index contributed by atoms with van der Waals surface area (Å²) in [5, 5.41) is 2.38. The zero-order valence-electron chi connectivity index (χ0n) is 10.8. The Hall–Kier alpha value is -1.13. The predicted octanol–water partition coefficient (Wildman–Crippen LogP) is -0.553. The number of halogens is 1. The number of quaternary nitrogens is 2. The maximum absolute atomic E-state index is 13.3. The van der Waals surface area contributed by atoms with E-state index in [1.807, 2.05) is 0 Å². The first kappa shape index (κ1) is 13.3. The van der Waals surface area contributed by atoms with E-state index < -0.39 is 0 Å². The number of piperazine rings is 1. The summed E-state index contributed by atoms with van der Waals surface area (Å²) < 4.78 is 18.7. The van der Waals surface area contributed by atoms with Gasteiger partial charge in [-0.2, -0.15) is 0 Å². The first-order chi connectivity index (χ1) is 8.86. The Balaban J connectivity index is 1.57. The molecule has 1 saturated heterocycles.